The molecule has 0 radical (unpaired) electrons. The Morgan fingerprint density at radius 3 is 2.73 bits per heavy atom. The molecule has 11 heavy (non-hydrogen) atoms. The second-order valence-corrected chi connectivity index (χ2v) is 2.67. The fourth-order valence-corrected chi connectivity index (χ4v) is 1.15. The van der Waals surface area contributed by atoms with Gasteiger partial charge in [-0.2, -0.15) is 0 Å². The Bertz CT molecular complexity index is 264. The van der Waals surface area contributed by atoms with Gasteiger partial charge in [-0.1, -0.05) is 24.6 Å². The lowest BCUT2D eigenvalue weighted by Gasteiger charge is -2.01. The minimum absolute atomic E-state index is 0.826. The Morgan fingerprint density at radius 2 is 2.18 bits per heavy atom. The predicted molar refractivity (Wildman–Crippen MR) is 45.9 cm³/mol. The Labute approximate surface area is 67.1 Å². The molecular formula is C10H12O. The van der Waals surface area contributed by atoms with Crippen LogP contribution in [0.4, 0.5) is 0 Å². The maximum atomic E-state index is 10.5. The molecule has 0 saturated heterocycles. The molecule has 0 bridgehead atoms. The molecule has 0 atom stereocenters. The quantitative estimate of drug-likeness (QED) is 0.588. The van der Waals surface area contributed by atoms with Crippen LogP contribution in [0.3, 0.4) is 0 Å². The van der Waals surface area contributed by atoms with Crippen LogP contribution in [0, 0.1) is 6.92 Å². The summed E-state index contributed by atoms with van der Waals surface area (Å²) in [5.41, 5.74) is 3.10. The SMILES string of the molecule is CCc1ccc(C)cc1C=O. The molecule has 0 aliphatic carbocycles. The second-order valence-electron chi connectivity index (χ2n) is 2.67. The summed E-state index contributed by atoms with van der Waals surface area (Å²) in [4.78, 5) is 10.5. The summed E-state index contributed by atoms with van der Waals surface area (Å²) in [5.74, 6) is 0. The van der Waals surface area contributed by atoms with Gasteiger partial charge in [0.1, 0.15) is 6.29 Å². The maximum absolute atomic E-state index is 10.5. The van der Waals surface area contributed by atoms with Gasteiger partial charge in [0.15, 0.2) is 0 Å². The monoisotopic (exact) mass is 148 g/mol. The molecule has 0 amide bonds. The van der Waals surface area contributed by atoms with E-state index in [1.165, 1.54) is 0 Å². The lowest BCUT2D eigenvalue weighted by Crippen LogP contribution is -1.90. The molecule has 0 aliphatic heterocycles. The smallest absolute Gasteiger partial charge is 0.150 e. The molecule has 0 heterocycles. The van der Waals surface area contributed by atoms with E-state index in [-0.39, 0.29) is 0 Å². The van der Waals surface area contributed by atoms with Crippen LogP contribution in [-0.4, -0.2) is 6.29 Å². The Hall–Kier alpha value is -1.11. The fraction of sp³-hybridized carbons (Fsp3) is 0.300. The van der Waals surface area contributed by atoms with Crippen LogP contribution in [0.15, 0.2) is 18.2 Å². The van der Waals surface area contributed by atoms with Crippen molar-refractivity contribution < 1.29 is 4.79 Å². The zero-order valence-electron chi connectivity index (χ0n) is 6.92. The first-order valence-electron chi connectivity index (χ1n) is 3.82. The Morgan fingerprint density at radius 1 is 1.45 bits per heavy atom. The van der Waals surface area contributed by atoms with Crippen molar-refractivity contribution in [1.29, 1.82) is 0 Å². The van der Waals surface area contributed by atoms with Gasteiger partial charge in [0.2, 0.25) is 0 Å². The summed E-state index contributed by atoms with van der Waals surface area (Å²) in [6.07, 6.45) is 1.85. The van der Waals surface area contributed by atoms with Gasteiger partial charge in [-0.15, -0.1) is 0 Å². The highest BCUT2D eigenvalue weighted by atomic mass is 16.1. The van der Waals surface area contributed by atoms with E-state index in [0.29, 0.717) is 0 Å². The molecule has 1 nitrogen and oxygen atoms in total. The molecule has 1 heteroatoms. The standard InChI is InChI=1S/C10H12O/c1-3-9-5-4-8(2)6-10(9)7-11/h4-7H,3H2,1-2H3. The molecule has 1 aromatic carbocycles. The van der Waals surface area contributed by atoms with Crippen LogP contribution < -0.4 is 0 Å². The van der Waals surface area contributed by atoms with Crippen molar-refractivity contribution in [3.8, 4) is 0 Å². The van der Waals surface area contributed by atoms with Crippen molar-refractivity contribution in [3.63, 3.8) is 0 Å². The number of carbonyl (C=O) groups excluding carboxylic acids is 1. The normalized spacial score (nSPS) is 9.64. The van der Waals surface area contributed by atoms with Gasteiger partial charge in [-0.05, 0) is 25.0 Å². The molecule has 0 aliphatic rings. The van der Waals surface area contributed by atoms with E-state index in [1.807, 2.05) is 25.1 Å². The van der Waals surface area contributed by atoms with E-state index >= 15 is 0 Å². The summed E-state index contributed by atoms with van der Waals surface area (Å²) in [7, 11) is 0. The minimum Gasteiger partial charge on any atom is -0.298 e. The summed E-state index contributed by atoms with van der Waals surface area (Å²) < 4.78 is 0. The van der Waals surface area contributed by atoms with Gasteiger partial charge in [0.05, 0.1) is 0 Å². The summed E-state index contributed by atoms with van der Waals surface area (Å²) in [6, 6.07) is 5.97. The van der Waals surface area contributed by atoms with Crippen LogP contribution in [0.25, 0.3) is 0 Å². The first-order valence-corrected chi connectivity index (χ1v) is 3.82. The van der Waals surface area contributed by atoms with Crippen LogP contribution >= 0.6 is 0 Å². The summed E-state index contributed by atoms with van der Waals surface area (Å²) >= 11 is 0. The van der Waals surface area contributed by atoms with Crippen molar-refractivity contribution in [2.45, 2.75) is 20.3 Å². The van der Waals surface area contributed by atoms with Gasteiger partial charge < -0.3 is 0 Å². The first-order chi connectivity index (χ1) is 5.27. The van der Waals surface area contributed by atoms with Crippen molar-refractivity contribution in [2.75, 3.05) is 0 Å². The van der Waals surface area contributed by atoms with E-state index in [0.717, 1.165) is 29.4 Å². The molecule has 1 aromatic rings. The van der Waals surface area contributed by atoms with E-state index in [4.69, 9.17) is 0 Å². The number of aryl methyl sites for hydroxylation is 2. The molecule has 0 saturated carbocycles. The molecule has 0 fully saturated rings. The van der Waals surface area contributed by atoms with Crippen LogP contribution in [0.2, 0.25) is 0 Å². The third-order valence-electron chi connectivity index (χ3n) is 1.81. The number of hydrogen-bond acceptors (Lipinski definition) is 1. The largest absolute Gasteiger partial charge is 0.298 e. The van der Waals surface area contributed by atoms with Crippen LogP contribution in [0.1, 0.15) is 28.4 Å². The van der Waals surface area contributed by atoms with Gasteiger partial charge in [-0.3, -0.25) is 4.79 Å². The maximum Gasteiger partial charge on any atom is 0.150 e. The van der Waals surface area contributed by atoms with Gasteiger partial charge in [0, 0.05) is 5.56 Å². The predicted octanol–water partition coefficient (Wildman–Crippen LogP) is 2.37. The number of hydrogen-bond donors (Lipinski definition) is 0. The average molecular weight is 148 g/mol. The van der Waals surface area contributed by atoms with Gasteiger partial charge >= 0.3 is 0 Å². The van der Waals surface area contributed by atoms with Gasteiger partial charge in [-0.25, -0.2) is 0 Å². The van der Waals surface area contributed by atoms with E-state index in [9.17, 15) is 4.79 Å². The highest BCUT2D eigenvalue weighted by Crippen LogP contribution is 2.09. The van der Waals surface area contributed by atoms with Crippen LogP contribution in [-0.2, 0) is 6.42 Å². The second kappa shape index (κ2) is 3.33. The highest BCUT2D eigenvalue weighted by molar-refractivity contribution is 5.77. The third-order valence-corrected chi connectivity index (χ3v) is 1.81. The molecule has 0 spiro atoms. The molecule has 0 aromatic heterocycles. The molecule has 1 rings (SSSR count). The van der Waals surface area contributed by atoms with Crippen molar-refractivity contribution in [2.24, 2.45) is 0 Å². The number of benzene rings is 1. The highest BCUT2D eigenvalue weighted by Gasteiger charge is 1.97. The number of carbonyl (C=O) groups is 1. The Balaban J connectivity index is 3.16. The topological polar surface area (TPSA) is 17.1 Å². The van der Waals surface area contributed by atoms with Crippen LogP contribution in [0.5, 0.6) is 0 Å². The fourth-order valence-electron chi connectivity index (χ4n) is 1.15. The third kappa shape index (κ3) is 1.67. The van der Waals surface area contributed by atoms with E-state index in [2.05, 4.69) is 6.92 Å². The lowest BCUT2D eigenvalue weighted by molar-refractivity contribution is 0.112. The molecule has 0 unspecified atom stereocenters. The summed E-state index contributed by atoms with van der Waals surface area (Å²) in [5, 5.41) is 0. The molecular weight excluding hydrogens is 136 g/mol. The molecule has 0 N–H and O–H groups in total. The van der Waals surface area contributed by atoms with E-state index < -0.39 is 0 Å². The summed E-state index contributed by atoms with van der Waals surface area (Å²) in [6.45, 7) is 4.05. The lowest BCUT2D eigenvalue weighted by atomic mass is 10.0. The van der Waals surface area contributed by atoms with E-state index in [1.54, 1.807) is 0 Å². The Kier molecular flexibility index (Phi) is 2.42. The molecule has 58 valence electrons. The number of rotatable bonds is 2. The zero-order valence-corrected chi connectivity index (χ0v) is 6.92. The van der Waals surface area contributed by atoms with Gasteiger partial charge in [0.25, 0.3) is 0 Å². The zero-order chi connectivity index (χ0) is 8.27. The van der Waals surface area contributed by atoms with Crippen molar-refractivity contribution >= 4 is 6.29 Å². The first kappa shape index (κ1) is 7.99. The number of aldehydes is 1. The average Bonchev–Trinajstić information content (AvgIpc) is 2.04. The van der Waals surface area contributed by atoms with Crippen molar-refractivity contribution in [1.82, 2.24) is 0 Å². The van der Waals surface area contributed by atoms with Crippen molar-refractivity contribution in [3.05, 3.63) is 34.9 Å². The minimum atomic E-state index is 0.826.